The van der Waals surface area contributed by atoms with E-state index in [1.807, 2.05) is 19.9 Å². The van der Waals surface area contributed by atoms with Crippen LogP contribution in [0.5, 0.6) is 0 Å². The fourth-order valence-electron chi connectivity index (χ4n) is 1.40. The van der Waals surface area contributed by atoms with Crippen LogP contribution in [-0.2, 0) is 9.59 Å². The third-order valence-electron chi connectivity index (χ3n) is 2.64. The zero-order chi connectivity index (χ0) is 12.1. The average Bonchev–Trinajstić information content (AvgIpc) is 2.01. The van der Waals surface area contributed by atoms with Gasteiger partial charge in [-0.25, -0.2) is 0 Å². The maximum atomic E-state index is 11.4. The molecule has 86 valence electrons. The number of carboxylic acid groups (broad SMARTS) is 1. The smallest absolute Gasteiger partial charge is 0.304 e. The fourth-order valence-corrected chi connectivity index (χ4v) is 1.40. The Kier molecular flexibility index (Phi) is 5.26. The Bertz CT molecular complexity index is 275. The molecule has 0 saturated heterocycles. The van der Waals surface area contributed by atoms with E-state index in [-0.39, 0.29) is 12.2 Å². The molecule has 0 heterocycles. The molecule has 0 radical (unpaired) electrons. The zero-order valence-electron chi connectivity index (χ0n) is 9.96. The highest BCUT2D eigenvalue weighted by Gasteiger charge is 2.31. The number of carboxylic acids is 1. The standard InChI is InChI=1S/C12H20O3/c1-9(2)6-5-7-12(4,10(3)13)8-11(14)15/h6H,5,7-8H2,1-4H3,(H,14,15). The van der Waals surface area contributed by atoms with Gasteiger partial charge in [0.1, 0.15) is 5.78 Å². The summed E-state index contributed by atoms with van der Waals surface area (Å²) < 4.78 is 0. The van der Waals surface area contributed by atoms with Crippen LogP contribution in [0.1, 0.15) is 47.0 Å². The van der Waals surface area contributed by atoms with E-state index in [1.165, 1.54) is 12.5 Å². The highest BCUT2D eigenvalue weighted by molar-refractivity contribution is 5.86. The van der Waals surface area contributed by atoms with Crippen molar-refractivity contribution in [2.75, 3.05) is 0 Å². The summed E-state index contributed by atoms with van der Waals surface area (Å²) in [5.74, 6) is -0.961. The molecule has 3 heteroatoms. The van der Waals surface area contributed by atoms with Crippen LogP contribution in [0.15, 0.2) is 11.6 Å². The number of carbonyl (C=O) groups excluding carboxylic acids is 1. The highest BCUT2D eigenvalue weighted by Crippen LogP contribution is 2.29. The Morgan fingerprint density at radius 3 is 2.13 bits per heavy atom. The van der Waals surface area contributed by atoms with Crippen molar-refractivity contribution >= 4 is 11.8 Å². The van der Waals surface area contributed by atoms with Gasteiger partial charge in [-0.05, 0) is 33.6 Å². The number of ketones is 1. The van der Waals surface area contributed by atoms with Gasteiger partial charge in [-0.3, -0.25) is 9.59 Å². The summed E-state index contributed by atoms with van der Waals surface area (Å²) in [6.45, 7) is 7.17. The van der Waals surface area contributed by atoms with Gasteiger partial charge in [0.25, 0.3) is 0 Å². The molecule has 0 amide bonds. The van der Waals surface area contributed by atoms with E-state index >= 15 is 0 Å². The number of carbonyl (C=O) groups is 2. The Hall–Kier alpha value is -1.12. The van der Waals surface area contributed by atoms with Crippen molar-refractivity contribution in [2.24, 2.45) is 5.41 Å². The van der Waals surface area contributed by atoms with E-state index < -0.39 is 11.4 Å². The van der Waals surface area contributed by atoms with Gasteiger partial charge in [0.15, 0.2) is 0 Å². The van der Waals surface area contributed by atoms with Gasteiger partial charge in [-0.2, -0.15) is 0 Å². The Morgan fingerprint density at radius 1 is 1.27 bits per heavy atom. The van der Waals surface area contributed by atoms with Crippen LogP contribution in [0.25, 0.3) is 0 Å². The third kappa shape index (κ3) is 5.35. The monoisotopic (exact) mass is 212 g/mol. The van der Waals surface area contributed by atoms with Gasteiger partial charge in [0.2, 0.25) is 0 Å². The van der Waals surface area contributed by atoms with Gasteiger partial charge in [0, 0.05) is 5.41 Å². The van der Waals surface area contributed by atoms with Crippen LogP contribution in [-0.4, -0.2) is 16.9 Å². The number of hydrogen-bond acceptors (Lipinski definition) is 2. The molecule has 1 atom stereocenters. The second-order valence-corrected chi connectivity index (χ2v) is 4.51. The molecule has 0 aromatic carbocycles. The van der Waals surface area contributed by atoms with Gasteiger partial charge >= 0.3 is 5.97 Å². The molecule has 1 N–H and O–H groups in total. The van der Waals surface area contributed by atoms with Crippen molar-refractivity contribution in [3.8, 4) is 0 Å². The number of hydrogen-bond donors (Lipinski definition) is 1. The summed E-state index contributed by atoms with van der Waals surface area (Å²) in [6.07, 6.45) is 3.30. The zero-order valence-corrected chi connectivity index (χ0v) is 9.96. The van der Waals surface area contributed by atoms with Crippen molar-refractivity contribution in [1.29, 1.82) is 0 Å². The van der Waals surface area contributed by atoms with E-state index in [4.69, 9.17) is 5.11 Å². The van der Waals surface area contributed by atoms with E-state index in [9.17, 15) is 9.59 Å². The minimum absolute atomic E-state index is 0.0490. The molecular weight excluding hydrogens is 192 g/mol. The molecule has 0 rings (SSSR count). The van der Waals surface area contributed by atoms with Crippen LogP contribution >= 0.6 is 0 Å². The van der Waals surface area contributed by atoms with E-state index in [1.54, 1.807) is 6.92 Å². The van der Waals surface area contributed by atoms with Crippen molar-refractivity contribution in [3.63, 3.8) is 0 Å². The van der Waals surface area contributed by atoms with Crippen molar-refractivity contribution < 1.29 is 14.7 Å². The molecule has 0 saturated carbocycles. The van der Waals surface area contributed by atoms with Crippen molar-refractivity contribution in [2.45, 2.75) is 47.0 Å². The van der Waals surface area contributed by atoms with Crippen LogP contribution in [0.3, 0.4) is 0 Å². The highest BCUT2D eigenvalue weighted by atomic mass is 16.4. The molecule has 0 fully saturated rings. The minimum atomic E-state index is -0.912. The summed E-state index contributed by atoms with van der Waals surface area (Å²) in [7, 11) is 0. The Morgan fingerprint density at radius 2 is 1.80 bits per heavy atom. The average molecular weight is 212 g/mol. The molecule has 0 aliphatic heterocycles. The largest absolute Gasteiger partial charge is 0.481 e. The molecule has 0 aromatic heterocycles. The SMILES string of the molecule is CC(=O)C(C)(CCC=C(C)C)CC(=O)O. The summed E-state index contributed by atoms with van der Waals surface area (Å²) in [5, 5.41) is 8.74. The lowest BCUT2D eigenvalue weighted by atomic mass is 9.78. The number of rotatable bonds is 6. The maximum Gasteiger partial charge on any atom is 0.304 e. The second-order valence-electron chi connectivity index (χ2n) is 4.51. The summed E-state index contributed by atoms with van der Waals surface area (Å²) in [6, 6.07) is 0. The van der Waals surface area contributed by atoms with Gasteiger partial charge in [0.05, 0.1) is 6.42 Å². The quantitative estimate of drug-likeness (QED) is 0.689. The van der Waals surface area contributed by atoms with E-state index in [0.717, 1.165) is 6.42 Å². The van der Waals surface area contributed by atoms with E-state index in [2.05, 4.69) is 0 Å². The predicted molar refractivity (Wildman–Crippen MR) is 59.7 cm³/mol. The first-order chi connectivity index (χ1) is 6.78. The van der Waals surface area contributed by atoms with E-state index in [0.29, 0.717) is 6.42 Å². The normalized spacial score (nSPS) is 14.1. The second kappa shape index (κ2) is 5.69. The molecule has 3 nitrogen and oxygen atoms in total. The van der Waals surface area contributed by atoms with Gasteiger partial charge in [-0.1, -0.05) is 18.6 Å². The first kappa shape index (κ1) is 13.9. The number of Topliss-reactive ketones (excluding diaryl/α,β-unsaturated/α-hetero) is 1. The third-order valence-corrected chi connectivity index (χ3v) is 2.64. The van der Waals surface area contributed by atoms with Crippen LogP contribution in [0.2, 0.25) is 0 Å². The summed E-state index contributed by atoms with van der Waals surface area (Å²) >= 11 is 0. The van der Waals surface area contributed by atoms with Crippen LogP contribution < -0.4 is 0 Å². The van der Waals surface area contributed by atoms with Gasteiger partial charge in [-0.15, -0.1) is 0 Å². The molecule has 0 bridgehead atoms. The lowest BCUT2D eigenvalue weighted by Gasteiger charge is -2.23. The molecule has 0 aliphatic carbocycles. The first-order valence-electron chi connectivity index (χ1n) is 5.14. The van der Waals surface area contributed by atoms with Crippen molar-refractivity contribution in [1.82, 2.24) is 0 Å². The minimum Gasteiger partial charge on any atom is -0.481 e. The fraction of sp³-hybridized carbons (Fsp3) is 0.667. The Balaban J connectivity index is 4.46. The molecular formula is C12H20O3. The molecule has 15 heavy (non-hydrogen) atoms. The molecule has 0 aromatic rings. The Labute approximate surface area is 91.2 Å². The maximum absolute atomic E-state index is 11.4. The molecule has 0 spiro atoms. The van der Waals surface area contributed by atoms with Crippen molar-refractivity contribution in [3.05, 3.63) is 11.6 Å². The lowest BCUT2D eigenvalue weighted by molar-refractivity contribution is -0.143. The number of aliphatic carboxylic acids is 1. The predicted octanol–water partition coefficient (Wildman–Crippen LogP) is 2.80. The van der Waals surface area contributed by atoms with Crippen LogP contribution in [0, 0.1) is 5.41 Å². The van der Waals surface area contributed by atoms with Gasteiger partial charge < -0.3 is 5.11 Å². The van der Waals surface area contributed by atoms with Crippen LogP contribution in [0.4, 0.5) is 0 Å². The summed E-state index contributed by atoms with van der Waals surface area (Å²) in [4.78, 5) is 22.0. The topological polar surface area (TPSA) is 54.4 Å². The molecule has 0 aliphatic rings. The molecule has 1 unspecified atom stereocenters. The number of allylic oxidation sites excluding steroid dienone is 2. The summed E-state index contributed by atoms with van der Waals surface area (Å²) in [5.41, 5.74) is 0.467. The lowest BCUT2D eigenvalue weighted by Crippen LogP contribution is -2.28. The first-order valence-corrected chi connectivity index (χ1v) is 5.14.